The second-order valence-corrected chi connectivity index (χ2v) is 6.60. The summed E-state index contributed by atoms with van der Waals surface area (Å²) < 4.78 is 16.2. The average molecular weight is 261 g/mol. The van der Waals surface area contributed by atoms with Crippen molar-refractivity contribution in [1.29, 1.82) is 0 Å². The molecule has 0 radical (unpaired) electrons. The normalized spacial score (nSPS) is 11.8. The third kappa shape index (κ3) is 2.84. The molecule has 0 fully saturated rings. The molecular weight excluding hydrogens is 244 g/mol. The van der Waals surface area contributed by atoms with Crippen molar-refractivity contribution in [2.45, 2.75) is 6.42 Å². The number of aryl methyl sites for hydroxylation is 1. The van der Waals surface area contributed by atoms with Crippen molar-refractivity contribution >= 4 is 25.6 Å². The molecule has 1 aromatic carbocycles. The highest BCUT2D eigenvalue weighted by molar-refractivity contribution is 6.75. The van der Waals surface area contributed by atoms with Crippen molar-refractivity contribution in [1.82, 2.24) is 0 Å². The highest BCUT2D eigenvalue weighted by atomic mass is 35.5. The molecule has 0 aliphatic rings. The van der Waals surface area contributed by atoms with E-state index < -0.39 is 8.80 Å². The van der Waals surface area contributed by atoms with E-state index in [4.69, 9.17) is 24.9 Å². The van der Waals surface area contributed by atoms with Gasteiger partial charge in [0, 0.05) is 32.4 Å². The number of hydrogen-bond acceptors (Lipinski definition) is 3. The fourth-order valence-electron chi connectivity index (χ4n) is 1.59. The van der Waals surface area contributed by atoms with Gasteiger partial charge in [-0.1, -0.05) is 24.3 Å². The van der Waals surface area contributed by atoms with Gasteiger partial charge in [-0.05, 0) is 12.0 Å². The summed E-state index contributed by atoms with van der Waals surface area (Å²) in [5.41, 5.74) is 1.20. The van der Waals surface area contributed by atoms with Crippen molar-refractivity contribution in [3.8, 4) is 0 Å². The molecule has 1 aromatic rings. The number of hydrogen-bond donors (Lipinski definition) is 0. The monoisotopic (exact) mass is 260 g/mol. The third-order valence-electron chi connectivity index (χ3n) is 2.50. The van der Waals surface area contributed by atoms with E-state index in [-0.39, 0.29) is 0 Å². The van der Waals surface area contributed by atoms with Gasteiger partial charge in [-0.25, -0.2) is 0 Å². The third-order valence-corrected chi connectivity index (χ3v) is 5.34. The Morgan fingerprint density at radius 2 is 1.50 bits per heavy atom. The smallest absolute Gasteiger partial charge is 0.373 e. The van der Waals surface area contributed by atoms with E-state index in [9.17, 15) is 0 Å². The second kappa shape index (κ2) is 6.37. The van der Waals surface area contributed by atoms with Crippen molar-refractivity contribution in [3.63, 3.8) is 0 Å². The van der Waals surface area contributed by atoms with Crippen LogP contribution in [0.3, 0.4) is 0 Å². The van der Waals surface area contributed by atoms with Crippen LogP contribution in [-0.2, 0) is 19.7 Å². The molecule has 0 atom stereocenters. The first-order valence-corrected chi connectivity index (χ1v) is 7.29. The zero-order chi connectivity index (χ0) is 12.0. The standard InChI is InChI=1S/C11H17ClO3Si/c1-13-16(14-2,15-3)11-6-4-10(5-7-11)8-9-12/h4-7H,8-9H2,1-3H3. The SMILES string of the molecule is CO[Si](OC)(OC)c1ccc(CCCl)cc1. The Morgan fingerprint density at radius 1 is 1.00 bits per heavy atom. The lowest BCUT2D eigenvalue weighted by Gasteiger charge is -2.24. The quantitative estimate of drug-likeness (QED) is 0.574. The van der Waals surface area contributed by atoms with Gasteiger partial charge < -0.3 is 13.3 Å². The molecule has 0 spiro atoms. The molecule has 16 heavy (non-hydrogen) atoms. The van der Waals surface area contributed by atoms with Gasteiger partial charge in [0.1, 0.15) is 0 Å². The predicted octanol–water partition coefficient (Wildman–Crippen LogP) is 1.55. The number of halogens is 1. The van der Waals surface area contributed by atoms with Crippen molar-refractivity contribution in [3.05, 3.63) is 29.8 Å². The first-order valence-electron chi connectivity index (χ1n) is 5.03. The van der Waals surface area contributed by atoms with Gasteiger partial charge in [0.2, 0.25) is 0 Å². The molecule has 0 amide bonds. The first kappa shape index (κ1) is 13.7. The van der Waals surface area contributed by atoms with Gasteiger partial charge in [-0.3, -0.25) is 0 Å². The molecule has 0 bridgehead atoms. The van der Waals surface area contributed by atoms with Crippen LogP contribution in [0.4, 0.5) is 0 Å². The Morgan fingerprint density at radius 3 is 1.88 bits per heavy atom. The molecule has 0 aromatic heterocycles. The van der Waals surface area contributed by atoms with E-state index in [1.165, 1.54) is 5.56 Å². The second-order valence-electron chi connectivity index (χ2n) is 3.30. The summed E-state index contributed by atoms with van der Waals surface area (Å²) >= 11 is 5.68. The molecule has 3 nitrogen and oxygen atoms in total. The summed E-state index contributed by atoms with van der Waals surface area (Å²) in [5.74, 6) is 0.626. The average Bonchev–Trinajstić information content (AvgIpc) is 2.34. The van der Waals surface area contributed by atoms with Crippen LogP contribution in [0.25, 0.3) is 0 Å². The molecule has 5 heteroatoms. The summed E-state index contributed by atoms with van der Waals surface area (Å²) in [6, 6.07) is 8.00. The Balaban J connectivity index is 2.94. The van der Waals surface area contributed by atoms with E-state index in [2.05, 4.69) is 0 Å². The summed E-state index contributed by atoms with van der Waals surface area (Å²) in [7, 11) is 2.14. The molecule has 0 saturated heterocycles. The first-order chi connectivity index (χ1) is 7.72. The van der Waals surface area contributed by atoms with Crippen LogP contribution in [0.5, 0.6) is 0 Å². The summed E-state index contributed by atoms with van der Waals surface area (Å²) in [6.07, 6.45) is 0.864. The Hall–Kier alpha value is -0.393. The van der Waals surface area contributed by atoms with E-state index in [1.54, 1.807) is 21.3 Å². The lowest BCUT2D eigenvalue weighted by molar-refractivity contribution is 0.140. The summed E-state index contributed by atoms with van der Waals surface area (Å²) in [4.78, 5) is 0. The fourth-order valence-corrected chi connectivity index (χ4v) is 3.59. The molecule has 0 unspecified atom stereocenters. The van der Waals surface area contributed by atoms with Gasteiger partial charge in [0.25, 0.3) is 0 Å². The minimum Gasteiger partial charge on any atom is -0.373 e. The Bertz CT molecular complexity index is 303. The topological polar surface area (TPSA) is 27.7 Å². The molecule has 0 N–H and O–H groups in total. The van der Waals surface area contributed by atoms with Crippen LogP contribution in [-0.4, -0.2) is 36.0 Å². The maximum absolute atomic E-state index is 5.68. The molecule has 1 rings (SSSR count). The highest BCUT2D eigenvalue weighted by Gasteiger charge is 2.40. The zero-order valence-electron chi connectivity index (χ0n) is 9.83. The van der Waals surface area contributed by atoms with Gasteiger partial charge >= 0.3 is 8.80 Å². The Labute approximate surface area is 103 Å². The lowest BCUT2D eigenvalue weighted by atomic mass is 10.2. The number of benzene rings is 1. The van der Waals surface area contributed by atoms with E-state index in [1.807, 2.05) is 24.3 Å². The molecule has 0 aliphatic heterocycles. The zero-order valence-corrected chi connectivity index (χ0v) is 11.6. The summed E-state index contributed by atoms with van der Waals surface area (Å²) in [5, 5.41) is 0.957. The molecule has 0 aliphatic carbocycles. The van der Waals surface area contributed by atoms with Crippen molar-refractivity contribution in [2.24, 2.45) is 0 Å². The van der Waals surface area contributed by atoms with E-state index in [0.29, 0.717) is 5.88 Å². The van der Waals surface area contributed by atoms with Gasteiger partial charge in [-0.15, -0.1) is 11.6 Å². The number of alkyl halides is 1. The van der Waals surface area contributed by atoms with Crippen LogP contribution in [0.15, 0.2) is 24.3 Å². The summed E-state index contributed by atoms with van der Waals surface area (Å²) in [6.45, 7) is 0. The Kier molecular flexibility index (Phi) is 5.44. The van der Waals surface area contributed by atoms with Crippen molar-refractivity contribution < 1.29 is 13.3 Å². The number of rotatable bonds is 6. The van der Waals surface area contributed by atoms with Crippen LogP contribution in [0, 0.1) is 0 Å². The largest absolute Gasteiger partial charge is 0.536 e. The molecule has 90 valence electrons. The molecule has 0 saturated carbocycles. The van der Waals surface area contributed by atoms with Gasteiger partial charge in [-0.2, -0.15) is 0 Å². The highest BCUT2D eigenvalue weighted by Crippen LogP contribution is 2.08. The van der Waals surface area contributed by atoms with Crippen LogP contribution < -0.4 is 5.19 Å². The van der Waals surface area contributed by atoms with E-state index >= 15 is 0 Å². The van der Waals surface area contributed by atoms with Crippen LogP contribution >= 0.6 is 11.6 Å². The maximum Gasteiger partial charge on any atom is 0.536 e. The van der Waals surface area contributed by atoms with Crippen LogP contribution in [0.2, 0.25) is 0 Å². The lowest BCUT2D eigenvalue weighted by Crippen LogP contribution is -2.54. The molecule has 0 heterocycles. The van der Waals surface area contributed by atoms with Crippen molar-refractivity contribution in [2.75, 3.05) is 27.2 Å². The fraction of sp³-hybridized carbons (Fsp3) is 0.455. The molecular formula is C11H17ClO3Si. The van der Waals surface area contributed by atoms with Gasteiger partial charge in [0.15, 0.2) is 0 Å². The minimum atomic E-state index is -2.67. The predicted molar refractivity (Wildman–Crippen MR) is 67.3 cm³/mol. The maximum atomic E-state index is 5.68. The van der Waals surface area contributed by atoms with Crippen LogP contribution in [0.1, 0.15) is 5.56 Å². The van der Waals surface area contributed by atoms with E-state index in [0.717, 1.165) is 11.6 Å². The minimum absolute atomic E-state index is 0.626. The van der Waals surface area contributed by atoms with Gasteiger partial charge in [0.05, 0.1) is 0 Å².